The highest BCUT2D eigenvalue weighted by Gasteiger charge is 2.60. The van der Waals surface area contributed by atoms with Gasteiger partial charge >= 0.3 is 5.97 Å². The van der Waals surface area contributed by atoms with Crippen LogP contribution in [0.3, 0.4) is 0 Å². The molecule has 240 valence electrons. The van der Waals surface area contributed by atoms with Crippen LogP contribution in [0.15, 0.2) is 0 Å². The van der Waals surface area contributed by atoms with Crippen LogP contribution in [0.1, 0.15) is 151 Å². The first-order valence-electron chi connectivity index (χ1n) is 18.5. The number of rotatable bonds is 11. The van der Waals surface area contributed by atoms with E-state index < -0.39 is 0 Å². The van der Waals surface area contributed by atoms with Crippen molar-refractivity contribution in [1.82, 2.24) is 5.32 Å². The molecular weight excluding hydrogens is 518 g/mol. The van der Waals surface area contributed by atoms with E-state index in [4.69, 9.17) is 4.74 Å². The highest BCUT2D eigenvalue weighted by molar-refractivity contribution is 5.83. The molecule has 1 amide bonds. The first kappa shape index (κ1) is 32.3. The third-order valence-corrected chi connectivity index (χ3v) is 14.1. The number of hydrogen-bond acceptors (Lipinski definition) is 3. The van der Waals surface area contributed by atoms with Crippen LogP contribution in [0, 0.1) is 64.1 Å². The lowest BCUT2D eigenvalue weighted by atomic mass is 9.44. The molecule has 0 aromatic rings. The number of carbonyl (C=O) groups is 2. The second-order valence-corrected chi connectivity index (χ2v) is 17.1. The van der Waals surface area contributed by atoms with Crippen molar-refractivity contribution in [2.45, 2.75) is 157 Å². The van der Waals surface area contributed by atoms with Gasteiger partial charge in [-0.25, -0.2) is 0 Å². The molecule has 0 aromatic heterocycles. The summed E-state index contributed by atoms with van der Waals surface area (Å²) in [7, 11) is 0. The number of amides is 1. The fraction of sp³-hybridized carbons (Fsp3) is 0.947. The molecule has 5 aliphatic carbocycles. The molecule has 0 spiro atoms. The fourth-order valence-corrected chi connectivity index (χ4v) is 11.6. The summed E-state index contributed by atoms with van der Waals surface area (Å²) in [6.45, 7) is 15.3. The number of fused-ring (bicyclic) bond motifs is 5. The summed E-state index contributed by atoms with van der Waals surface area (Å²) in [5, 5.41) is 3.10. The third kappa shape index (κ3) is 6.78. The van der Waals surface area contributed by atoms with Gasteiger partial charge in [-0.2, -0.15) is 0 Å². The van der Waals surface area contributed by atoms with Crippen molar-refractivity contribution in [3.63, 3.8) is 0 Å². The topological polar surface area (TPSA) is 55.4 Å². The predicted octanol–water partition coefficient (Wildman–Crippen LogP) is 9.35. The summed E-state index contributed by atoms with van der Waals surface area (Å²) >= 11 is 0. The van der Waals surface area contributed by atoms with Gasteiger partial charge in [0.1, 0.15) is 6.10 Å². The van der Waals surface area contributed by atoms with E-state index in [1.54, 1.807) is 0 Å². The molecule has 5 aliphatic rings. The number of nitrogens with one attached hydrogen (secondary N) is 1. The molecule has 0 aromatic carbocycles. The smallest absolute Gasteiger partial charge is 0.306 e. The van der Waals surface area contributed by atoms with Crippen molar-refractivity contribution in [2.75, 3.05) is 6.54 Å². The van der Waals surface area contributed by atoms with Gasteiger partial charge in [0.2, 0.25) is 5.91 Å². The van der Waals surface area contributed by atoms with E-state index in [1.807, 2.05) is 6.92 Å². The number of esters is 1. The Morgan fingerprint density at radius 2 is 1.55 bits per heavy atom. The summed E-state index contributed by atoms with van der Waals surface area (Å²) in [4.78, 5) is 25.5. The Kier molecular flexibility index (Phi) is 10.4. The minimum atomic E-state index is -0.312. The van der Waals surface area contributed by atoms with Crippen LogP contribution in [-0.4, -0.2) is 24.5 Å². The predicted molar refractivity (Wildman–Crippen MR) is 172 cm³/mol. The lowest BCUT2D eigenvalue weighted by Crippen LogP contribution is -2.54. The van der Waals surface area contributed by atoms with Crippen molar-refractivity contribution >= 4 is 11.9 Å². The van der Waals surface area contributed by atoms with E-state index in [2.05, 4.69) is 39.9 Å². The van der Waals surface area contributed by atoms with Crippen molar-refractivity contribution < 1.29 is 14.3 Å². The maximum absolute atomic E-state index is 12.9. The number of carbonyl (C=O) groups excluding carboxylic acids is 2. The zero-order valence-corrected chi connectivity index (χ0v) is 28.2. The van der Waals surface area contributed by atoms with Gasteiger partial charge < -0.3 is 10.1 Å². The third-order valence-electron chi connectivity index (χ3n) is 14.1. The first-order chi connectivity index (χ1) is 20.0. The lowest BCUT2D eigenvalue weighted by Gasteiger charge is -2.61. The van der Waals surface area contributed by atoms with Gasteiger partial charge in [0.25, 0.3) is 0 Å². The standard InChI is InChI=1S/C38H65NO3/c1-25(2)10-9-11-26(3)32-16-17-33-31-15-14-29-23-30(18-20-37(29,5)34(31)19-21-38(32,33)6)42-35(40)22-27(4)36(41)39-24-28-12-7-8-13-28/h25-34H,7-24H2,1-6H3,(H,39,41)/t26-,27+,29+,30+,31+,32-,33+,34+,37+,38-/m1/s1. The summed E-state index contributed by atoms with van der Waals surface area (Å²) < 4.78 is 6.07. The summed E-state index contributed by atoms with van der Waals surface area (Å²) in [5.41, 5.74) is 0.954. The van der Waals surface area contributed by atoms with E-state index in [9.17, 15) is 9.59 Å². The summed E-state index contributed by atoms with van der Waals surface area (Å²) in [5.74, 6) is 6.11. The molecule has 0 heterocycles. The summed E-state index contributed by atoms with van der Waals surface area (Å²) in [6.07, 6.45) is 21.2. The highest BCUT2D eigenvalue weighted by atomic mass is 16.5. The molecule has 5 saturated carbocycles. The van der Waals surface area contributed by atoms with Crippen molar-refractivity contribution in [2.24, 2.45) is 64.1 Å². The Balaban J connectivity index is 1.11. The van der Waals surface area contributed by atoms with Gasteiger partial charge in [-0.15, -0.1) is 0 Å². The molecule has 1 N–H and O–H groups in total. The van der Waals surface area contributed by atoms with Crippen molar-refractivity contribution in [3.05, 3.63) is 0 Å². The van der Waals surface area contributed by atoms with E-state index in [0.717, 1.165) is 54.9 Å². The lowest BCUT2D eigenvalue weighted by molar-refractivity contribution is -0.164. The van der Waals surface area contributed by atoms with Crippen LogP contribution in [0.25, 0.3) is 0 Å². The summed E-state index contributed by atoms with van der Waals surface area (Å²) in [6, 6.07) is 0. The second-order valence-electron chi connectivity index (χ2n) is 17.1. The molecular formula is C38H65NO3. The molecule has 42 heavy (non-hydrogen) atoms. The molecule has 4 heteroatoms. The van der Waals surface area contributed by atoms with Gasteiger partial charge in [-0.3, -0.25) is 9.59 Å². The number of ether oxygens (including phenoxy) is 1. The van der Waals surface area contributed by atoms with E-state index in [0.29, 0.717) is 22.7 Å². The zero-order valence-electron chi connectivity index (χ0n) is 28.2. The average Bonchev–Trinajstić information content (AvgIpc) is 3.59. The minimum Gasteiger partial charge on any atom is -0.462 e. The molecule has 0 unspecified atom stereocenters. The minimum absolute atomic E-state index is 0.0109. The Labute approximate surface area is 258 Å². The van der Waals surface area contributed by atoms with E-state index in [1.165, 1.54) is 89.9 Å². The molecule has 5 fully saturated rings. The van der Waals surface area contributed by atoms with Crippen LogP contribution in [0.2, 0.25) is 0 Å². The maximum Gasteiger partial charge on any atom is 0.306 e. The molecule has 0 radical (unpaired) electrons. The van der Waals surface area contributed by atoms with E-state index in [-0.39, 0.29) is 30.3 Å². The normalized spacial score (nSPS) is 39.7. The Bertz CT molecular complexity index is 925. The molecule has 0 saturated heterocycles. The van der Waals surface area contributed by atoms with Gasteiger partial charge in [0.05, 0.1) is 6.42 Å². The molecule has 4 nitrogen and oxygen atoms in total. The van der Waals surface area contributed by atoms with Crippen LogP contribution in [-0.2, 0) is 14.3 Å². The Morgan fingerprint density at radius 3 is 2.29 bits per heavy atom. The number of hydrogen-bond donors (Lipinski definition) is 1. The zero-order chi connectivity index (χ0) is 30.1. The van der Waals surface area contributed by atoms with Crippen LogP contribution >= 0.6 is 0 Å². The second kappa shape index (κ2) is 13.5. The van der Waals surface area contributed by atoms with E-state index >= 15 is 0 Å². The molecule has 0 aliphatic heterocycles. The first-order valence-corrected chi connectivity index (χ1v) is 18.5. The maximum atomic E-state index is 12.9. The SMILES string of the molecule is CC(C)CCC[C@@H](C)[C@H]1CC[C@H]2[C@@H]3CC[C@H]4C[C@@H](OC(=O)C[C@H](C)C(=O)NCC5CCCC5)CC[C@]4(C)[C@H]3CC[C@]12C. The van der Waals surface area contributed by atoms with Gasteiger partial charge in [-0.05, 0) is 129 Å². The highest BCUT2D eigenvalue weighted by Crippen LogP contribution is 2.68. The van der Waals surface area contributed by atoms with Crippen molar-refractivity contribution in [3.8, 4) is 0 Å². The molecule has 10 atom stereocenters. The molecule has 5 rings (SSSR count). The fourth-order valence-electron chi connectivity index (χ4n) is 11.6. The van der Waals surface area contributed by atoms with Gasteiger partial charge in [0, 0.05) is 12.5 Å². The van der Waals surface area contributed by atoms with Crippen LogP contribution in [0.4, 0.5) is 0 Å². The quantitative estimate of drug-likeness (QED) is 0.247. The van der Waals surface area contributed by atoms with Crippen LogP contribution < -0.4 is 5.32 Å². The van der Waals surface area contributed by atoms with Crippen LogP contribution in [0.5, 0.6) is 0 Å². The Hall–Kier alpha value is -1.06. The van der Waals surface area contributed by atoms with Gasteiger partial charge in [-0.1, -0.05) is 73.6 Å². The van der Waals surface area contributed by atoms with Gasteiger partial charge in [0.15, 0.2) is 0 Å². The largest absolute Gasteiger partial charge is 0.462 e. The average molecular weight is 584 g/mol. The van der Waals surface area contributed by atoms with Crippen molar-refractivity contribution in [1.29, 1.82) is 0 Å². The Morgan fingerprint density at radius 1 is 0.833 bits per heavy atom. The monoisotopic (exact) mass is 583 g/mol. The molecule has 0 bridgehead atoms.